The molecule has 3 rings (SSSR count). The average molecular weight is 386 g/mol. The van der Waals surface area contributed by atoms with Crippen LogP contribution >= 0.6 is 23.6 Å². The van der Waals surface area contributed by atoms with E-state index in [1.165, 1.54) is 11.3 Å². The van der Waals surface area contributed by atoms with E-state index in [9.17, 15) is 14.7 Å². The fourth-order valence-corrected chi connectivity index (χ4v) is 3.79. The molecule has 0 bridgehead atoms. The highest BCUT2D eigenvalue weighted by Crippen LogP contribution is 2.31. The second-order valence-electron chi connectivity index (χ2n) is 5.54. The zero-order valence-corrected chi connectivity index (χ0v) is 15.0. The Hall–Kier alpha value is -2.84. The third-order valence-electron chi connectivity index (χ3n) is 3.67. The van der Waals surface area contributed by atoms with Crippen molar-refractivity contribution >= 4 is 56.4 Å². The van der Waals surface area contributed by atoms with Gasteiger partial charge in [0.1, 0.15) is 5.01 Å². The molecule has 1 aromatic heterocycles. The molecule has 132 valence electrons. The SMILES string of the molecule is O=C(O)CC(C(O)=S)c1nc2ccc(C(=O)Nc3ccccc3)cc2s1. The second kappa shape index (κ2) is 7.59. The number of aliphatic hydroxyl groups excluding tert-OH is 1. The Morgan fingerprint density at radius 3 is 2.54 bits per heavy atom. The third-order valence-corrected chi connectivity index (χ3v) is 5.09. The van der Waals surface area contributed by atoms with Gasteiger partial charge >= 0.3 is 5.97 Å². The highest BCUT2D eigenvalue weighted by molar-refractivity contribution is 7.80. The Morgan fingerprint density at radius 2 is 1.88 bits per heavy atom. The molecular formula is C18H14N2O4S2. The van der Waals surface area contributed by atoms with Gasteiger partial charge in [-0.05, 0) is 42.5 Å². The number of fused-ring (bicyclic) bond motifs is 1. The molecule has 1 heterocycles. The lowest BCUT2D eigenvalue weighted by molar-refractivity contribution is -0.137. The number of thiocarbonyl (C=S) groups is 1. The van der Waals surface area contributed by atoms with Gasteiger partial charge in [0.2, 0.25) is 0 Å². The number of para-hydroxylation sites is 1. The van der Waals surface area contributed by atoms with Crippen molar-refractivity contribution in [3.8, 4) is 0 Å². The molecular weight excluding hydrogens is 372 g/mol. The van der Waals surface area contributed by atoms with Gasteiger partial charge in [0.15, 0.2) is 5.05 Å². The first-order chi connectivity index (χ1) is 12.4. The van der Waals surface area contributed by atoms with Gasteiger partial charge < -0.3 is 15.5 Å². The number of nitrogens with zero attached hydrogens (tertiary/aromatic N) is 1. The third kappa shape index (κ3) is 4.04. The van der Waals surface area contributed by atoms with Crippen molar-refractivity contribution < 1.29 is 19.8 Å². The number of carbonyl (C=O) groups is 2. The smallest absolute Gasteiger partial charge is 0.304 e. The zero-order valence-electron chi connectivity index (χ0n) is 13.4. The number of hydrogen-bond donors (Lipinski definition) is 3. The van der Waals surface area contributed by atoms with Crippen molar-refractivity contribution in [2.75, 3.05) is 5.32 Å². The summed E-state index contributed by atoms with van der Waals surface area (Å²) in [4.78, 5) is 27.7. The van der Waals surface area contributed by atoms with Crippen LogP contribution in [0.3, 0.4) is 0 Å². The van der Waals surface area contributed by atoms with Gasteiger partial charge in [-0.15, -0.1) is 11.3 Å². The van der Waals surface area contributed by atoms with Gasteiger partial charge in [-0.2, -0.15) is 0 Å². The van der Waals surface area contributed by atoms with Gasteiger partial charge in [0.05, 0.1) is 22.6 Å². The summed E-state index contributed by atoms with van der Waals surface area (Å²) in [5, 5.41) is 21.4. The minimum atomic E-state index is -1.08. The van der Waals surface area contributed by atoms with Crippen LogP contribution < -0.4 is 5.32 Å². The first-order valence-electron chi connectivity index (χ1n) is 7.65. The molecule has 0 aliphatic carbocycles. The summed E-state index contributed by atoms with van der Waals surface area (Å²) < 4.78 is 0.715. The molecule has 3 N–H and O–H groups in total. The van der Waals surface area contributed by atoms with Crippen molar-refractivity contribution in [1.82, 2.24) is 4.98 Å². The standard InChI is InChI=1S/C18H14N2O4S2/c21-15(22)9-12(18(24)25)17-20-13-7-6-10(8-14(13)26-17)16(23)19-11-4-2-1-3-5-11/h1-8,12H,9H2,(H,19,23)(H,21,22)(H,24,25). The molecule has 1 atom stereocenters. The fraction of sp³-hybridized carbons (Fsp3) is 0.111. The minimum absolute atomic E-state index is 0.257. The number of aromatic nitrogens is 1. The molecule has 3 aromatic rings. The molecule has 0 spiro atoms. The van der Waals surface area contributed by atoms with Gasteiger partial charge in [0.25, 0.3) is 5.91 Å². The molecule has 0 fully saturated rings. The Morgan fingerprint density at radius 1 is 1.15 bits per heavy atom. The van der Waals surface area contributed by atoms with Crippen LogP contribution in [-0.4, -0.2) is 32.1 Å². The summed E-state index contributed by atoms with van der Waals surface area (Å²) >= 11 is 5.97. The van der Waals surface area contributed by atoms with Crippen LogP contribution in [0.1, 0.15) is 27.7 Å². The van der Waals surface area contributed by atoms with Crippen LogP contribution in [0, 0.1) is 0 Å². The van der Waals surface area contributed by atoms with E-state index >= 15 is 0 Å². The summed E-state index contributed by atoms with van der Waals surface area (Å²) in [6.07, 6.45) is -0.337. The number of anilines is 1. The fourth-order valence-electron chi connectivity index (χ4n) is 2.41. The number of thiazole rings is 1. The molecule has 0 radical (unpaired) electrons. The van der Waals surface area contributed by atoms with Crippen molar-refractivity contribution in [2.24, 2.45) is 0 Å². The molecule has 8 heteroatoms. The molecule has 0 aliphatic heterocycles. The number of nitrogens with one attached hydrogen (secondary N) is 1. The lowest BCUT2D eigenvalue weighted by Gasteiger charge is -2.07. The lowest BCUT2D eigenvalue weighted by Crippen LogP contribution is -2.14. The quantitative estimate of drug-likeness (QED) is 0.554. The highest BCUT2D eigenvalue weighted by atomic mass is 32.1. The van der Waals surface area contributed by atoms with Crippen LogP contribution in [-0.2, 0) is 4.79 Å². The molecule has 0 saturated carbocycles. The molecule has 26 heavy (non-hydrogen) atoms. The van der Waals surface area contributed by atoms with E-state index in [0.29, 0.717) is 26.5 Å². The molecule has 0 saturated heterocycles. The molecule has 6 nitrogen and oxygen atoms in total. The van der Waals surface area contributed by atoms with Crippen molar-refractivity contribution in [3.05, 3.63) is 59.1 Å². The Kier molecular flexibility index (Phi) is 5.24. The normalized spacial score (nSPS) is 11.8. The monoisotopic (exact) mass is 386 g/mol. The summed E-state index contributed by atoms with van der Waals surface area (Å²) in [6.45, 7) is 0. The van der Waals surface area contributed by atoms with Crippen LogP contribution in [0.2, 0.25) is 0 Å². The number of aliphatic hydroxyl groups is 1. The van der Waals surface area contributed by atoms with E-state index in [4.69, 9.17) is 17.3 Å². The van der Waals surface area contributed by atoms with Crippen LogP contribution in [0.15, 0.2) is 48.5 Å². The number of benzene rings is 2. The van der Waals surface area contributed by atoms with E-state index in [1.54, 1.807) is 30.3 Å². The maximum absolute atomic E-state index is 12.4. The Balaban J connectivity index is 1.88. The summed E-state index contributed by atoms with van der Waals surface area (Å²) in [7, 11) is 0. The molecule has 2 aromatic carbocycles. The van der Waals surface area contributed by atoms with Crippen LogP contribution in [0.25, 0.3) is 10.2 Å². The Labute approximate surface area is 158 Å². The largest absolute Gasteiger partial charge is 0.501 e. The predicted octanol–water partition coefficient (Wildman–Crippen LogP) is 3.99. The minimum Gasteiger partial charge on any atom is -0.501 e. The van der Waals surface area contributed by atoms with Gasteiger partial charge in [-0.25, -0.2) is 4.98 Å². The van der Waals surface area contributed by atoms with E-state index < -0.39 is 16.9 Å². The van der Waals surface area contributed by atoms with Crippen LogP contribution in [0.4, 0.5) is 5.69 Å². The van der Waals surface area contributed by atoms with Gasteiger partial charge in [-0.3, -0.25) is 9.59 Å². The summed E-state index contributed by atoms with van der Waals surface area (Å²) in [5.74, 6) is -2.18. The van der Waals surface area contributed by atoms with Crippen molar-refractivity contribution in [3.63, 3.8) is 0 Å². The maximum atomic E-state index is 12.4. The molecule has 1 amide bonds. The average Bonchev–Trinajstić information content (AvgIpc) is 3.02. The number of hydrogen-bond acceptors (Lipinski definition) is 5. The van der Waals surface area contributed by atoms with Gasteiger partial charge in [-0.1, -0.05) is 18.2 Å². The number of carboxylic acid groups (broad SMARTS) is 1. The maximum Gasteiger partial charge on any atom is 0.304 e. The van der Waals surface area contributed by atoms with Crippen molar-refractivity contribution in [1.29, 1.82) is 0 Å². The first kappa shape index (κ1) is 18.0. The number of amides is 1. The zero-order chi connectivity index (χ0) is 18.7. The highest BCUT2D eigenvalue weighted by Gasteiger charge is 2.24. The lowest BCUT2D eigenvalue weighted by atomic mass is 10.1. The van der Waals surface area contributed by atoms with E-state index in [-0.39, 0.29) is 12.3 Å². The summed E-state index contributed by atoms with van der Waals surface area (Å²) in [6, 6.07) is 14.1. The van der Waals surface area contributed by atoms with Crippen LogP contribution in [0.5, 0.6) is 0 Å². The predicted molar refractivity (Wildman–Crippen MR) is 104 cm³/mol. The number of rotatable bonds is 6. The van der Waals surface area contributed by atoms with E-state index in [2.05, 4.69) is 10.3 Å². The number of carbonyl (C=O) groups excluding carboxylic acids is 1. The number of carboxylic acids is 1. The second-order valence-corrected chi connectivity index (χ2v) is 7.02. The Bertz CT molecular complexity index is 985. The summed E-state index contributed by atoms with van der Waals surface area (Å²) in [5.41, 5.74) is 1.76. The molecule has 1 unspecified atom stereocenters. The van der Waals surface area contributed by atoms with E-state index in [0.717, 1.165) is 0 Å². The van der Waals surface area contributed by atoms with Crippen molar-refractivity contribution in [2.45, 2.75) is 12.3 Å². The van der Waals surface area contributed by atoms with E-state index in [1.807, 2.05) is 18.2 Å². The first-order valence-corrected chi connectivity index (χ1v) is 8.88. The van der Waals surface area contributed by atoms with Gasteiger partial charge in [0, 0.05) is 11.3 Å². The molecule has 0 aliphatic rings. The topological polar surface area (TPSA) is 99.5 Å². The number of aliphatic carboxylic acids is 1.